The van der Waals surface area contributed by atoms with E-state index in [2.05, 4.69) is 4.98 Å². The number of aryl methyl sites for hydroxylation is 1. The molecule has 0 aromatic carbocycles. The Kier molecular flexibility index (Phi) is 5.19. The molecule has 1 unspecified atom stereocenters. The van der Waals surface area contributed by atoms with Gasteiger partial charge in [0.1, 0.15) is 11.6 Å². The normalized spacial score (nSPS) is 12.7. The van der Waals surface area contributed by atoms with Crippen LogP contribution in [0.4, 0.5) is 0 Å². The lowest BCUT2D eigenvalue weighted by Crippen LogP contribution is -2.14. The molecule has 0 N–H and O–H groups in total. The van der Waals surface area contributed by atoms with Crippen LogP contribution in [0.1, 0.15) is 26.1 Å². The molecule has 0 fully saturated rings. The van der Waals surface area contributed by atoms with Crippen molar-refractivity contribution in [1.29, 1.82) is 0 Å². The third kappa shape index (κ3) is 3.77. The monoisotopic (exact) mass is 224 g/mol. The summed E-state index contributed by atoms with van der Waals surface area (Å²) in [5.41, 5.74) is 0. The number of carbonyl (C=O) groups excluding carboxylic acids is 1. The lowest BCUT2D eigenvalue weighted by molar-refractivity contribution is -0.119. The maximum atomic E-state index is 11.8. The summed E-state index contributed by atoms with van der Waals surface area (Å²) in [6, 6.07) is 0. The van der Waals surface area contributed by atoms with Gasteiger partial charge in [-0.3, -0.25) is 4.79 Å². The average molecular weight is 224 g/mol. The molecular weight excluding hydrogens is 204 g/mol. The van der Waals surface area contributed by atoms with Crippen LogP contribution in [0.2, 0.25) is 0 Å². The first-order chi connectivity index (χ1) is 7.67. The zero-order valence-electron chi connectivity index (χ0n) is 10.3. The van der Waals surface area contributed by atoms with E-state index in [1.54, 1.807) is 13.3 Å². The summed E-state index contributed by atoms with van der Waals surface area (Å²) in [7, 11) is 1.66. The van der Waals surface area contributed by atoms with Crippen LogP contribution in [0, 0.1) is 5.92 Å². The molecule has 0 aliphatic rings. The van der Waals surface area contributed by atoms with Crippen LogP contribution in [-0.4, -0.2) is 29.1 Å². The van der Waals surface area contributed by atoms with Gasteiger partial charge in [0, 0.05) is 39.1 Å². The summed E-state index contributed by atoms with van der Waals surface area (Å²) in [5.74, 6) is 1.37. The highest BCUT2D eigenvalue weighted by Gasteiger charge is 2.12. The van der Waals surface area contributed by atoms with E-state index in [1.165, 1.54) is 0 Å². The number of hydrogen-bond acceptors (Lipinski definition) is 3. The second-order valence-electron chi connectivity index (χ2n) is 4.11. The van der Waals surface area contributed by atoms with E-state index >= 15 is 0 Å². The van der Waals surface area contributed by atoms with Crippen molar-refractivity contribution in [3.05, 3.63) is 18.2 Å². The fourth-order valence-corrected chi connectivity index (χ4v) is 1.78. The number of aromatic nitrogens is 2. The molecule has 0 saturated carbocycles. The van der Waals surface area contributed by atoms with Crippen molar-refractivity contribution in [2.24, 2.45) is 5.92 Å². The maximum Gasteiger partial charge on any atom is 0.140 e. The van der Waals surface area contributed by atoms with Gasteiger partial charge in [-0.25, -0.2) is 4.98 Å². The van der Waals surface area contributed by atoms with Crippen LogP contribution in [0.3, 0.4) is 0 Å². The van der Waals surface area contributed by atoms with Crippen molar-refractivity contribution in [2.75, 3.05) is 13.7 Å². The van der Waals surface area contributed by atoms with Crippen molar-refractivity contribution in [3.8, 4) is 0 Å². The number of nitrogens with zero attached hydrogens (tertiary/aromatic N) is 2. The van der Waals surface area contributed by atoms with E-state index < -0.39 is 0 Å². The number of rotatable bonds is 7. The van der Waals surface area contributed by atoms with Gasteiger partial charge in [-0.1, -0.05) is 6.92 Å². The zero-order valence-corrected chi connectivity index (χ0v) is 10.3. The number of ketones is 1. The van der Waals surface area contributed by atoms with Crippen molar-refractivity contribution < 1.29 is 9.53 Å². The van der Waals surface area contributed by atoms with E-state index in [4.69, 9.17) is 4.74 Å². The number of imidazole rings is 1. The molecule has 0 amide bonds. The van der Waals surface area contributed by atoms with Gasteiger partial charge in [0.15, 0.2) is 0 Å². The predicted molar refractivity (Wildman–Crippen MR) is 62.3 cm³/mol. The smallest absolute Gasteiger partial charge is 0.140 e. The Labute approximate surface area is 96.6 Å². The Bertz CT molecular complexity index is 334. The van der Waals surface area contributed by atoms with Crippen LogP contribution >= 0.6 is 0 Å². The Morgan fingerprint density at radius 2 is 2.38 bits per heavy atom. The van der Waals surface area contributed by atoms with Crippen LogP contribution in [0.5, 0.6) is 0 Å². The fraction of sp³-hybridized carbons (Fsp3) is 0.667. The summed E-state index contributed by atoms with van der Waals surface area (Å²) in [6.07, 6.45) is 4.63. The molecule has 0 aliphatic heterocycles. The minimum absolute atomic E-state index is 0.227. The second kappa shape index (κ2) is 6.43. The summed E-state index contributed by atoms with van der Waals surface area (Å²) in [5, 5.41) is 0. The van der Waals surface area contributed by atoms with Crippen LogP contribution < -0.4 is 0 Å². The first-order valence-electron chi connectivity index (χ1n) is 5.68. The second-order valence-corrected chi connectivity index (χ2v) is 4.11. The highest BCUT2D eigenvalue weighted by atomic mass is 16.5. The number of hydrogen-bond donors (Lipinski definition) is 0. The molecule has 0 radical (unpaired) electrons. The molecule has 0 spiro atoms. The molecule has 4 nitrogen and oxygen atoms in total. The number of ether oxygens (including phenoxy) is 1. The highest BCUT2D eigenvalue weighted by Crippen LogP contribution is 2.07. The highest BCUT2D eigenvalue weighted by molar-refractivity contribution is 5.80. The summed E-state index contributed by atoms with van der Waals surface area (Å²) in [6.45, 7) is 5.56. The fourth-order valence-electron chi connectivity index (χ4n) is 1.78. The van der Waals surface area contributed by atoms with Gasteiger partial charge < -0.3 is 9.30 Å². The molecule has 1 rings (SSSR count). The third-order valence-electron chi connectivity index (χ3n) is 2.52. The summed E-state index contributed by atoms with van der Waals surface area (Å²) in [4.78, 5) is 15.9. The van der Waals surface area contributed by atoms with Gasteiger partial charge >= 0.3 is 0 Å². The summed E-state index contributed by atoms with van der Waals surface area (Å²) >= 11 is 0. The summed E-state index contributed by atoms with van der Waals surface area (Å²) < 4.78 is 7.01. The Morgan fingerprint density at radius 1 is 1.62 bits per heavy atom. The molecule has 1 aromatic rings. The van der Waals surface area contributed by atoms with Gasteiger partial charge in [0.25, 0.3) is 0 Å². The molecule has 0 saturated heterocycles. The minimum Gasteiger partial charge on any atom is -0.384 e. The van der Waals surface area contributed by atoms with Gasteiger partial charge in [-0.2, -0.15) is 0 Å². The van der Waals surface area contributed by atoms with Crippen LogP contribution in [0.15, 0.2) is 12.4 Å². The SMILES string of the molecule is CCn1ccnc1CC(=O)CC(C)COC. The third-order valence-corrected chi connectivity index (χ3v) is 2.52. The van der Waals surface area contributed by atoms with E-state index in [1.807, 2.05) is 24.6 Å². The molecule has 1 atom stereocenters. The van der Waals surface area contributed by atoms with Gasteiger partial charge in [-0.15, -0.1) is 0 Å². The van der Waals surface area contributed by atoms with Crippen molar-refractivity contribution in [3.63, 3.8) is 0 Å². The first-order valence-corrected chi connectivity index (χ1v) is 5.68. The molecular formula is C12H20N2O2. The lowest BCUT2D eigenvalue weighted by atomic mass is 10.0. The number of carbonyl (C=O) groups is 1. The Balaban J connectivity index is 2.45. The molecule has 0 aliphatic carbocycles. The molecule has 90 valence electrons. The average Bonchev–Trinajstić information content (AvgIpc) is 2.65. The van der Waals surface area contributed by atoms with E-state index in [-0.39, 0.29) is 11.7 Å². The lowest BCUT2D eigenvalue weighted by Gasteiger charge is -2.09. The van der Waals surface area contributed by atoms with E-state index in [0.717, 1.165) is 12.4 Å². The van der Waals surface area contributed by atoms with Crippen molar-refractivity contribution in [1.82, 2.24) is 9.55 Å². The van der Waals surface area contributed by atoms with Crippen LogP contribution in [-0.2, 0) is 22.5 Å². The van der Waals surface area contributed by atoms with E-state index in [9.17, 15) is 4.79 Å². The number of Topliss-reactive ketones (excluding diaryl/α,β-unsaturated/α-hetero) is 1. The van der Waals surface area contributed by atoms with Crippen LogP contribution in [0.25, 0.3) is 0 Å². The zero-order chi connectivity index (χ0) is 12.0. The standard InChI is InChI=1S/C12H20N2O2/c1-4-14-6-5-13-12(14)8-11(15)7-10(2)9-16-3/h5-6,10H,4,7-9H2,1-3H3. The van der Waals surface area contributed by atoms with E-state index in [0.29, 0.717) is 19.4 Å². The molecule has 1 aromatic heterocycles. The topological polar surface area (TPSA) is 44.1 Å². The van der Waals surface area contributed by atoms with Crippen molar-refractivity contribution >= 4 is 5.78 Å². The number of methoxy groups -OCH3 is 1. The quantitative estimate of drug-likeness (QED) is 0.708. The molecule has 16 heavy (non-hydrogen) atoms. The van der Waals surface area contributed by atoms with Crippen molar-refractivity contribution in [2.45, 2.75) is 33.2 Å². The molecule has 0 bridgehead atoms. The minimum atomic E-state index is 0.227. The molecule has 1 heterocycles. The first kappa shape index (κ1) is 12.9. The van der Waals surface area contributed by atoms with Gasteiger partial charge in [0.05, 0.1) is 6.42 Å². The van der Waals surface area contributed by atoms with Gasteiger partial charge in [0.2, 0.25) is 0 Å². The predicted octanol–water partition coefficient (Wildman–Crippen LogP) is 1.69. The Morgan fingerprint density at radius 3 is 3.00 bits per heavy atom. The molecule has 4 heteroatoms. The van der Waals surface area contributed by atoms with Gasteiger partial charge in [-0.05, 0) is 12.8 Å². The maximum absolute atomic E-state index is 11.8. The largest absolute Gasteiger partial charge is 0.384 e. The Hall–Kier alpha value is -1.16.